The van der Waals surface area contributed by atoms with Crippen LogP contribution in [0, 0.1) is 6.92 Å². The van der Waals surface area contributed by atoms with Gasteiger partial charge >= 0.3 is 0 Å². The molecule has 0 aliphatic carbocycles. The van der Waals surface area contributed by atoms with Crippen molar-refractivity contribution < 1.29 is 13.2 Å². The quantitative estimate of drug-likeness (QED) is 0.318. The average Bonchev–Trinajstić information content (AvgIpc) is 2.91. The number of aliphatic imine (C=N–C) groups is 1. The van der Waals surface area contributed by atoms with Crippen molar-refractivity contribution in [1.82, 2.24) is 14.9 Å². The Morgan fingerprint density at radius 1 is 1.37 bits per heavy atom. The summed E-state index contributed by atoms with van der Waals surface area (Å²) in [5, 5.41) is 6.36. The number of aryl methyl sites for hydroxylation is 1. The highest BCUT2D eigenvalue weighted by Crippen LogP contribution is 2.14. The Kier molecular flexibility index (Phi) is 10.4. The number of ether oxygens (including phenoxy) is 1. The van der Waals surface area contributed by atoms with Crippen LogP contribution < -0.4 is 15.4 Å². The Hall–Kier alpha value is -1.07. The van der Waals surface area contributed by atoms with E-state index in [1.165, 1.54) is 4.31 Å². The fourth-order valence-electron chi connectivity index (χ4n) is 2.76. The average molecular weight is 510 g/mol. The summed E-state index contributed by atoms with van der Waals surface area (Å²) in [6, 6.07) is 7.94. The molecule has 0 bridgehead atoms. The number of nitrogens with one attached hydrogen (secondary N) is 2. The van der Waals surface area contributed by atoms with Crippen LogP contribution >= 0.6 is 24.0 Å². The van der Waals surface area contributed by atoms with Gasteiger partial charge in [-0.2, -0.15) is 0 Å². The fourth-order valence-corrected chi connectivity index (χ4v) is 4.29. The maximum absolute atomic E-state index is 11.8. The minimum Gasteiger partial charge on any atom is -0.489 e. The zero-order valence-electron chi connectivity index (χ0n) is 16.3. The molecule has 0 radical (unpaired) electrons. The SMILES string of the molecule is CCNC(=NCC(C)Oc1cccc(C)c1)NCCN1CCCS1(=O)=O.I. The monoisotopic (exact) mass is 510 g/mol. The third-order valence-electron chi connectivity index (χ3n) is 4.03. The summed E-state index contributed by atoms with van der Waals surface area (Å²) in [6.07, 6.45) is 0.649. The van der Waals surface area contributed by atoms with E-state index in [4.69, 9.17) is 4.74 Å². The molecule has 0 aromatic heterocycles. The van der Waals surface area contributed by atoms with Crippen molar-refractivity contribution in [3.05, 3.63) is 29.8 Å². The number of nitrogens with zero attached hydrogens (tertiary/aromatic N) is 2. The van der Waals surface area contributed by atoms with Crippen LogP contribution in [0.3, 0.4) is 0 Å². The topological polar surface area (TPSA) is 83.0 Å². The number of benzene rings is 1. The van der Waals surface area contributed by atoms with E-state index in [1.54, 1.807) is 0 Å². The first-order valence-corrected chi connectivity index (χ1v) is 10.7. The molecular weight excluding hydrogens is 479 g/mol. The number of rotatable bonds is 8. The lowest BCUT2D eigenvalue weighted by Crippen LogP contribution is -2.42. The molecule has 1 unspecified atom stereocenters. The van der Waals surface area contributed by atoms with Crippen LogP contribution in [0.4, 0.5) is 0 Å². The summed E-state index contributed by atoms with van der Waals surface area (Å²) in [5.41, 5.74) is 1.16. The van der Waals surface area contributed by atoms with Crippen molar-refractivity contribution in [2.24, 2.45) is 4.99 Å². The normalized spacial score (nSPS) is 17.8. The number of sulfonamides is 1. The molecule has 9 heteroatoms. The van der Waals surface area contributed by atoms with Gasteiger partial charge in [-0.05, 0) is 44.9 Å². The van der Waals surface area contributed by atoms with E-state index >= 15 is 0 Å². The Balaban J connectivity index is 0.00000364. The lowest BCUT2D eigenvalue weighted by molar-refractivity contribution is 0.230. The molecule has 1 saturated heterocycles. The third-order valence-corrected chi connectivity index (χ3v) is 5.99. The minimum absolute atomic E-state index is 0. The van der Waals surface area contributed by atoms with E-state index in [0.29, 0.717) is 38.6 Å². The van der Waals surface area contributed by atoms with E-state index in [0.717, 1.165) is 17.9 Å². The highest BCUT2D eigenvalue weighted by Gasteiger charge is 2.27. The second-order valence-corrected chi connectivity index (χ2v) is 8.55. The molecule has 1 fully saturated rings. The van der Waals surface area contributed by atoms with Crippen LogP contribution in [0.1, 0.15) is 25.8 Å². The van der Waals surface area contributed by atoms with Gasteiger partial charge in [-0.3, -0.25) is 0 Å². The second-order valence-electron chi connectivity index (χ2n) is 6.46. The highest BCUT2D eigenvalue weighted by atomic mass is 127. The van der Waals surface area contributed by atoms with Gasteiger partial charge in [-0.25, -0.2) is 17.7 Å². The van der Waals surface area contributed by atoms with Crippen LogP contribution in [0.25, 0.3) is 0 Å². The Labute approximate surface area is 180 Å². The van der Waals surface area contributed by atoms with Gasteiger partial charge in [0.2, 0.25) is 10.0 Å². The van der Waals surface area contributed by atoms with Gasteiger partial charge in [-0.1, -0.05) is 12.1 Å². The molecule has 7 nitrogen and oxygen atoms in total. The van der Waals surface area contributed by atoms with Gasteiger partial charge in [0.25, 0.3) is 0 Å². The standard InChI is InChI=1S/C18H30N4O3S.HI/c1-4-19-18(20-9-11-22-10-6-12-26(22,23)24)21-14-16(3)25-17-8-5-7-15(2)13-17;/h5,7-8,13,16H,4,6,9-12,14H2,1-3H3,(H2,19,20,21);1H. The van der Waals surface area contributed by atoms with Gasteiger partial charge in [0.1, 0.15) is 11.9 Å². The second kappa shape index (κ2) is 11.7. The van der Waals surface area contributed by atoms with E-state index in [1.807, 2.05) is 45.0 Å². The van der Waals surface area contributed by atoms with Crippen molar-refractivity contribution >= 4 is 40.0 Å². The number of guanidine groups is 1. The molecule has 1 aliphatic heterocycles. The van der Waals surface area contributed by atoms with Crippen molar-refractivity contribution in [3.63, 3.8) is 0 Å². The van der Waals surface area contributed by atoms with Crippen LogP contribution in [0.15, 0.2) is 29.3 Å². The summed E-state index contributed by atoms with van der Waals surface area (Å²) in [6.45, 7) is 8.84. The molecule has 1 aromatic rings. The summed E-state index contributed by atoms with van der Waals surface area (Å²) >= 11 is 0. The summed E-state index contributed by atoms with van der Waals surface area (Å²) < 4.78 is 31.0. The molecule has 27 heavy (non-hydrogen) atoms. The zero-order valence-corrected chi connectivity index (χ0v) is 19.4. The fraction of sp³-hybridized carbons (Fsp3) is 0.611. The van der Waals surface area contributed by atoms with Crippen molar-refractivity contribution in [1.29, 1.82) is 0 Å². The Morgan fingerprint density at radius 2 is 2.15 bits per heavy atom. The van der Waals surface area contributed by atoms with Gasteiger partial charge in [0.15, 0.2) is 5.96 Å². The van der Waals surface area contributed by atoms with Crippen molar-refractivity contribution in [2.45, 2.75) is 33.3 Å². The number of hydrogen-bond donors (Lipinski definition) is 2. The lowest BCUT2D eigenvalue weighted by Gasteiger charge is -2.17. The molecular formula is C18H31IN4O3S. The largest absolute Gasteiger partial charge is 0.489 e. The summed E-state index contributed by atoms with van der Waals surface area (Å²) in [7, 11) is -3.05. The Bertz CT molecular complexity index is 712. The van der Waals surface area contributed by atoms with Crippen LogP contribution in [-0.4, -0.2) is 63.3 Å². The van der Waals surface area contributed by atoms with Gasteiger partial charge in [0, 0.05) is 26.2 Å². The van der Waals surface area contributed by atoms with Crippen LogP contribution in [0.5, 0.6) is 5.75 Å². The van der Waals surface area contributed by atoms with Crippen LogP contribution in [0.2, 0.25) is 0 Å². The third kappa shape index (κ3) is 8.22. The van der Waals surface area contributed by atoms with Crippen molar-refractivity contribution in [3.8, 4) is 5.75 Å². The van der Waals surface area contributed by atoms with E-state index in [9.17, 15) is 8.42 Å². The zero-order chi connectivity index (χ0) is 19.0. The number of halogens is 1. The molecule has 1 aliphatic rings. The number of hydrogen-bond acceptors (Lipinski definition) is 4. The predicted octanol–water partition coefficient (Wildman–Crippen LogP) is 1.97. The molecule has 2 N–H and O–H groups in total. The first-order chi connectivity index (χ1) is 12.4. The first-order valence-electron chi connectivity index (χ1n) is 9.14. The predicted molar refractivity (Wildman–Crippen MR) is 121 cm³/mol. The molecule has 2 rings (SSSR count). The molecule has 154 valence electrons. The van der Waals surface area contributed by atoms with E-state index in [2.05, 4.69) is 15.6 Å². The first kappa shape index (κ1) is 24.0. The maximum atomic E-state index is 11.8. The smallest absolute Gasteiger partial charge is 0.214 e. The van der Waals surface area contributed by atoms with Crippen LogP contribution in [-0.2, 0) is 10.0 Å². The van der Waals surface area contributed by atoms with E-state index in [-0.39, 0.29) is 35.8 Å². The van der Waals surface area contributed by atoms with Gasteiger partial charge < -0.3 is 15.4 Å². The molecule has 0 spiro atoms. The molecule has 0 amide bonds. The molecule has 1 heterocycles. The Morgan fingerprint density at radius 3 is 2.78 bits per heavy atom. The van der Waals surface area contributed by atoms with Gasteiger partial charge in [-0.15, -0.1) is 24.0 Å². The summed E-state index contributed by atoms with van der Waals surface area (Å²) in [4.78, 5) is 4.53. The minimum atomic E-state index is -3.05. The molecule has 1 atom stereocenters. The van der Waals surface area contributed by atoms with Crippen molar-refractivity contribution in [2.75, 3.05) is 38.5 Å². The lowest BCUT2D eigenvalue weighted by atomic mass is 10.2. The molecule has 1 aromatic carbocycles. The summed E-state index contributed by atoms with van der Waals surface area (Å²) in [5.74, 6) is 1.77. The highest BCUT2D eigenvalue weighted by molar-refractivity contribution is 14.0. The maximum Gasteiger partial charge on any atom is 0.214 e. The molecule has 0 saturated carbocycles. The van der Waals surface area contributed by atoms with Gasteiger partial charge in [0.05, 0.1) is 12.3 Å². The van der Waals surface area contributed by atoms with E-state index < -0.39 is 10.0 Å².